The van der Waals surface area contributed by atoms with Crippen LogP contribution in [0.5, 0.6) is 0 Å². The van der Waals surface area contributed by atoms with Gasteiger partial charge >= 0.3 is 0 Å². The molecule has 4 aliphatic rings. The van der Waals surface area contributed by atoms with E-state index in [1.54, 1.807) is 4.52 Å². The Morgan fingerprint density at radius 3 is 2.70 bits per heavy atom. The SMILES string of the molecule is O=C(C1CC1)N1CCC[C@@H](c2cc3nc4c(c(=O)n3[nH]2)CN(C2CCCC2)CC4)C1. The van der Waals surface area contributed by atoms with Crippen LogP contribution in [0.2, 0.25) is 0 Å². The van der Waals surface area contributed by atoms with Crippen molar-refractivity contribution in [1.82, 2.24) is 24.4 Å². The molecule has 1 atom stereocenters. The number of aromatic nitrogens is 3. The number of carbonyl (C=O) groups is 1. The fraction of sp³-hybridized carbons (Fsp3) is 0.696. The fourth-order valence-electron chi connectivity index (χ4n) is 5.83. The topological polar surface area (TPSA) is 73.7 Å². The number of nitrogens with one attached hydrogen (secondary N) is 1. The molecule has 2 aromatic heterocycles. The van der Waals surface area contributed by atoms with Crippen LogP contribution in [0.4, 0.5) is 0 Å². The lowest BCUT2D eigenvalue weighted by atomic mass is 9.94. The molecule has 6 rings (SSSR count). The van der Waals surface area contributed by atoms with Crippen LogP contribution >= 0.6 is 0 Å². The molecule has 0 spiro atoms. The predicted octanol–water partition coefficient (Wildman–Crippen LogP) is 2.44. The number of carbonyl (C=O) groups excluding carboxylic acids is 1. The number of H-pyrrole nitrogens is 1. The maximum Gasteiger partial charge on any atom is 0.277 e. The van der Waals surface area contributed by atoms with E-state index in [0.29, 0.717) is 11.9 Å². The summed E-state index contributed by atoms with van der Waals surface area (Å²) in [4.78, 5) is 35.2. The second-order valence-electron chi connectivity index (χ2n) is 9.80. The highest BCUT2D eigenvalue weighted by Gasteiger charge is 2.36. The molecular formula is C23H31N5O2. The number of amides is 1. The number of aromatic amines is 1. The third-order valence-corrected chi connectivity index (χ3v) is 7.75. The number of likely N-dealkylation sites (tertiary alicyclic amines) is 1. The molecule has 7 nitrogen and oxygen atoms in total. The third kappa shape index (κ3) is 3.18. The van der Waals surface area contributed by atoms with Gasteiger partial charge in [-0.05, 0) is 38.5 Å². The van der Waals surface area contributed by atoms with E-state index in [0.717, 1.165) is 80.9 Å². The van der Waals surface area contributed by atoms with E-state index in [2.05, 4.69) is 10.00 Å². The van der Waals surface area contributed by atoms with Crippen molar-refractivity contribution in [3.05, 3.63) is 33.4 Å². The standard InChI is InChI=1S/C23H31N5O2/c29-22(15-7-8-15)27-10-3-4-16(13-27)20-12-21-24-19-9-11-26(17-5-1-2-6-17)14-18(19)23(30)28(21)25-20/h12,15-17,25H,1-11,13-14H2/t16-/m1/s1. The van der Waals surface area contributed by atoms with Gasteiger partial charge in [-0.3, -0.25) is 19.6 Å². The molecule has 2 aliphatic carbocycles. The Morgan fingerprint density at radius 1 is 1.07 bits per heavy atom. The lowest BCUT2D eigenvalue weighted by molar-refractivity contribution is -0.133. The van der Waals surface area contributed by atoms with Crippen molar-refractivity contribution in [2.24, 2.45) is 5.92 Å². The van der Waals surface area contributed by atoms with Gasteiger partial charge in [-0.2, -0.15) is 0 Å². The number of hydrogen-bond acceptors (Lipinski definition) is 4. The molecule has 0 bridgehead atoms. The highest BCUT2D eigenvalue weighted by atomic mass is 16.2. The lowest BCUT2D eigenvalue weighted by Crippen LogP contribution is -2.41. The number of fused-ring (bicyclic) bond motifs is 2. The van der Waals surface area contributed by atoms with E-state index in [4.69, 9.17) is 4.98 Å². The lowest BCUT2D eigenvalue weighted by Gasteiger charge is -2.32. The summed E-state index contributed by atoms with van der Waals surface area (Å²) in [5.74, 6) is 0.855. The zero-order valence-corrected chi connectivity index (χ0v) is 17.6. The number of rotatable bonds is 3. The minimum atomic E-state index is 0.0608. The molecule has 0 unspecified atom stereocenters. The quantitative estimate of drug-likeness (QED) is 0.845. The van der Waals surface area contributed by atoms with Crippen LogP contribution in [0.3, 0.4) is 0 Å². The van der Waals surface area contributed by atoms with Crippen molar-refractivity contribution in [3.63, 3.8) is 0 Å². The summed E-state index contributed by atoms with van der Waals surface area (Å²) in [5, 5.41) is 3.36. The summed E-state index contributed by atoms with van der Waals surface area (Å²) in [5.41, 5.74) is 3.68. The summed E-state index contributed by atoms with van der Waals surface area (Å²) in [7, 11) is 0. The highest BCUT2D eigenvalue weighted by Crippen LogP contribution is 2.34. The molecule has 0 radical (unpaired) electrons. The molecule has 2 aliphatic heterocycles. The van der Waals surface area contributed by atoms with Crippen molar-refractivity contribution in [1.29, 1.82) is 0 Å². The van der Waals surface area contributed by atoms with E-state index < -0.39 is 0 Å². The maximum atomic E-state index is 13.3. The smallest absolute Gasteiger partial charge is 0.277 e. The summed E-state index contributed by atoms with van der Waals surface area (Å²) >= 11 is 0. The third-order valence-electron chi connectivity index (χ3n) is 7.75. The minimum absolute atomic E-state index is 0.0608. The number of piperidine rings is 1. The van der Waals surface area contributed by atoms with Crippen molar-refractivity contribution in [2.45, 2.75) is 76.3 Å². The van der Waals surface area contributed by atoms with Crippen molar-refractivity contribution >= 4 is 11.6 Å². The number of nitrogens with zero attached hydrogens (tertiary/aromatic N) is 4. The Hall–Kier alpha value is -2.15. The van der Waals surface area contributed by atoms with Gasteiger partial charge in [0.1, 0.15) is 0 Å². The monoisotopic (exact) mass is 409 g/mol. The molecule has 160 valence electrons. The molecule has 2 saturated carbocycles. The van der Waals surface area contributed by atoms with Crippen molar-refractivity contribution < 1.29 is 4.79 Å². The highest BCUT2D eigenvalue weighted by molar-refractivity contribution is 5.81. The molecule has 0 aromatic carbocycles. The Morgan fingerprint density at radius 2 is 1.90 bits per heavy atom. The number of hydrogen-bond donors (Lipinski definition) is 1. The van der Waals surface area contributed by atoms with E-state index in [1.165, 1.54) is 25.7 Å². The zero-order valence-electron chi connectivity index (χ0n) is 17.6. The molecule has 2 aromatic rings. The zero-order chi connectivity index (χ0) is 20.2. The first kappa shape index (κ1) is 18.6. The Balaban J connectivity index is 1.28. The van der Waals surface area contributed by atoms with Gasteiger partial charge in [0, 0.05) is 62.2 Å². The molecule has 7 heteroatoms. The molecule has 3 fully saturated rings. The first-order chi connectivity index (χ1) is 14.7. The second-order valence-corrected chi connectivity index (χ2v) is 9.80. The Kier molecular flexibility index (Phi) is 4.48. The Labute approximate surface area is 176 Å². The van der Waals surface area contributed by atoms with Gasteiger partial charge in [-0.1, -0.05) is 12.8 Å². The average Bonchev–Trinajstić information content (AvgIpc) is 3.30. The van der Waals surface area contributed by atoms with Crippen LogP contribution in [0.25, 0.3) is 5.65 Å². The van der Waals surface area contributed by atoms with Crippen molar-refractivity contribution in [3.8, 4) is 0 Å². The molecule has 4 heterocycles. The van der Waals surface area contributed by atoms with Crippen LogP contribution in [-0.2, 0) is 17.8 Å². The van der Waals surface area contributed by atoms with Crippen LogP contribution in [0.1, 0.15) is 74.2 Å². The molecule has 1 N–H and O–H groups in total. The van der Waals surface area contributed by atoms with Gasteiger partial charge in [0.15, 0.2) is 5.65 Å². The van der Waals surface area contributed by atoms with Gasteiger partial charge in [0.05, 0.1) is 11.3 Å². The predicted molar refractivity (Wildman–Crippen MR) is 113 cm³/mol. The first-order valence-corrected chi connectivity index (χ1v) is 11.8. The largest absolute Gasteiger partial charge is 0.342 e. The van der Waals surface area contributed by atoms with E-state index in [1.807, 2.05) is 11.0 Å². The van der Waals surface area contributed by atoms with Crippen LogP contribution in [-0.4, -0.2) is 56.0 Å². The van der Waals surface area contributed by atoms with Gasteiger partial charge in [0.25, 0.3) is 5.56 Å². The first-order valence-electron chi connectivity index (χ1n) is 11.8. The second kappa shape index (κ2) is 7.22. The van der Waals surface area contributed by atoms with Crippen LogP contribution in [0, 0.1) is 5.92 Å². The normalized spacial score (nSPS) is 25.7. The van der Waals surface area contributed by atoms with Gasteiger partial charge in [0.2, 0.25) is 5.91 Å². The van der Waals surface area contributed by atoms with E-state index >= 15 is 0 Å². The van der Waals surface area contributed by atoms with E-state index in [-0.39, 0.29) is 17.4 Å². The summed E-state index contributed by atoms with van der Waals surface area (Å²) in [6, 6.07) is 2.68. The van der Waals surface area contributed by atoms with Crippen LogP contribution in [0.15, 0.2) is 10.9 Å². The molecule has 1 saturated heterocycles. The van der Waals surface area contributed by atoms with Crippen LogP contribution < -0.4 is 5.56 Å². The summed E-state index contributed by atoms with van der Waals surface area (Å²) in [6.45, 7) is 3.37. The molecule has 1 amide bonds. The van der Waals surface area contributed by atoms with Crippen molar-refractivity contribution in [2.75, 3.05) is 19.6 Å². The van der Waals surface area contributed by atoms with Gasteiger partial charge in [-0.15, -0.1) is 0 Å². The molecule has 30 heavy (non-hydrogen) atoms. The summed E-state index contributed by atoms with van der Waals surface area (Å²) in [6.07, 6.45) is 10.2. The van der Waals surface area contributed by atoms with Gasteiger partial charge < -0.3 is 4.90 Å². The maximum absolute atomic E-state index is 13.3. The average molecular weight is 410 g/mol. The summed E-state index contributed by atoms with van der Waals surface area (Å²) < 4.78 is 1.65. The molecular weight excluding hydrogens is 378 g/mol. The van der Waals surface area contributed by atoms with E-state index in [9.17, 15) is 9.59 Å². The Bertz CT molecular complexity index is 1030. The van der Waals surface area contributed by atoms with Gasteiger partial charge in [-0.25, -0.2) is 9.50 Å². The fourth-order valence-corrected chi connectivity index (χ4v) is 5.83. The minimum Gasteiger partial charge on any atom is -0.342 e.